The topological polar surface area (TPSA) is 40.6 Å². The highest BCUT2D eigenvalue weighted by Crippen LogP contribution is 2.41. The quantitative estimate of drug-likeness (QED) is 0.833. The first-order chi connectivity index (χ1) is 10.8. The van der Waals surface area contributed by atoms with Gasteiger partial charge in [-0.25, -0.2) is 0 Å². The van der Waals surface area contributed by atoms with Crippen LogP contribution < -0.4 is 0 Å². The molecule has 0 radical (unpaired) electrons. The Bertz CT molecular complexity index is 591. The first-order valence-electron chi connectivity index (χ1n) is 8.42. The number of piperidine rings is 1. The lowest BCUT2D eigenvalue weighted by molar-refractivity contribution is -0.146. The summed E-state index contributed by atoms with van der Waals surface area (Å²) < 4.78 is 0. The number of carbonyl (C=O) groups is 2. The molecule has 5 heteroatoms. The zero-order valence-corrected chi connectivity index (χ0v) is 15.1. The zero-order chi connectivity index (χ0) is 16.7. The Labute approximate surface area is 142 Å². The molecular weight excluding hydrogens is 308 g/mol. The van der Waals surface area contributed by atoms with Gasteiger partial charge in [0.1, 0.15) is 0 Å². The number of thiophene rings is 1. The van der Waals surface area contributed by atoms with E-state index >= 15 is 0 Å². The number of amides is 2. The van der Waals surface area contributed by atoms with E-state index in [0.717, 1.165) is 37.9 Å². The molecule has 1 atom stereocenters. The van der Waals surface area contributed by atoms with Crippen LogP contribution in [0.3, 0.4) is 0 Å². The molecule has 0 N–H and O–H groups in total. The summed E-state index contributed by atoms with van der Waals surface area (Å²) in [6.07, 6.45) is 2.77. The number of hydrogen-bond donors (Lipinski definition) is 0. The van der Waals surface area contributed by atoms with Gasteiger partial charge >= 0.3 is 0 Å². The Morgan fingerprint density at radius 2 is 2.09 bits per heavy atom. The smallest absolute Gasteiger partial charge is 0.254 e. The second-order valence-corrected chi connectivity index (χ2v) is 8.94. The lowest BCUT2D eigenvalue weighted by atomic mass is 9.77. The minimum absolute atomic E-state index is 0.0730. The molecule has 0 aliphatic carbocycles. The van der Waals surface area contributed by atoms with Gasteiger partial charge in [-0.1, -0.05) is 20.8 Å². The molecule has 3 rings (SSSR count). The van der Waals surface area contributed by atoms with Crippen molar-refractivity contribution in [3.05, 3.63) is 22.4 Å². The molecule has 2 saturated heterocycles. The second kappa shape index (κ2) is 5.93. The second-order valence-electron chi connectivity index (χ2n) is 8.16. The molecule has 1 spiro atoms. The Morgan fingerprint density at radius 3 is 2.74 bits per heavy atom. The number of hydrogen-bond acceptors (Lipinski definition) is 3. The summed E-state index contributed by atoms with van der Waals surface area (Å²) in [6.45, 7) is 9.45. The van der Waals surface area contributed by atoms with Gasteiger partial charge in [0, 0.05) is 31.6 Å². The van der Waals surface area contributed by atoms with E-state index in [2.05, 4.69) is 20.8 Å². The summed E-state index contributed by atoms with van der Waals surface area (Å²) in [4.78, 5) is 29.5. The lowest BCUT2D eigenvalue weighted by Crippen LogP contribution is -2.52. The average molecular weight is 334 g/mol. The van der Waals surface area contributed by atoms with Crippen LogP contribution in [0.4, 0.5) is 0 Å². The third-order valence-corrected chi connectivity index (χ3v) is 5.58. The fourth-order valence-electron chi connectivity index (χ4n) is 3.87. The number of carbonyl (C=O) groups excluding carboxylic acids is 2. The van der Waals surface area contributed by atoms with Gasteiger partial charge in [-0.05, 0) is 36.1 Å². The maximum absolute atomic E-state index is 13.1. The number of likely N-dealkylation sites (tertiary alicyclic amines) is 2. The van der Waals surface area contributed by atoms with Gasteiger partial charge in [-0.15, -0.1) is 0 Å². The molecule has 4 nitrogen and oxygen atoms in total. The van der Waals surface area contributed by atoms with E-state index in [1.807, 2.05) is 26.6 Å². The summed E-state index contributed by atoms with van der Waals surface area (Å²) >= 11 is 1.54. The molecule has 1 aromatic heterocycles. The fraction of sp³-hybridized carbons (Fsp3) is 0.667. The van der Waals surface area contributed by atoms with Crippen LogP contribution in [0.15, 0.2) is 16.8 Å². The Balaban J connectivity index is 1.72. The van der Waals surface area contributed by atoms with Crippen LogP contribution in [0.1, 0.15) is 50.4 Å². The van der Waals surface area contributed by atoms with Gasteiger partial charge in [-0.3, -0.25) is 9.59 Å². The van der Waals surface area contributed by atoms with Gasteiger partial charge in [0.15, 0.2) is 0 Å². The predicted octanol–water partition coefficient (Wildman–Crippen LogP) is 3.25. The largest absolute Gasteiger partial charge is 0.342 e. The molecule has 23 heavy (non-hydrogen) atoms. The molecule has 2 fully saturated rings. The van der Waals surface area contributed by atoms with E-state index in [0.29, 0.717) is 13.1 Å². The Hall–Kier alpha value is -1.36. The van der Waals surface area contributed by atoms with E-state index in [9.17, 15) is 9.59 Å². The molecule has 3 heterocycles. The Kier molecular flexibility index (Phi) is 4.25. The molecule has 0 bridgehead atoms. The van der Waals surface area contributed by atoms with Crippen LogP contribution in [0.25, 0.3) is 0 Å². The van der Waals surface area contributed by atoms with Crippen LogP contribution in [0.5, 0.6) is 0 Å². The third-order valence-electron chi connectivity index (χ3n) is 4.90. The summed E-state index contributed by atoms with van der Waals surface area (Å²) in [6, 6.07) is 1.87. The minimum atomic E-state index is -0.338. The molecule has 0 saturated carbocycles. The highest BCUT2D eigenvalue weighted by molar-refractivity contribution is 7.08. The summed E-state index contributed by atoms with van der Waals surface area (Å²) in [5, 5.41) is 3.82. The third kappa shape index (κ3) is 3.30. The van der Waals surface area contributed by atoms with E-state index in [1.165, 1.54) is 11.3 Å². The van der Waals surface area contributed by atoms with Gasteiger partial charge in [0.25, 0.3) is 5.91 Å². The van der Waals surface area contributed by atoms with Crippen molar-refractivity contribution in [2.24, 2.45) is 10.8 Å². The summed E-state index contributed by atoms with van der Waals surface area (Å²) in [5.74, 6) is 0.336. The van der Waals surface area contributed by atoms with Gasteiger partial charge in [0.05, 0.1) is 11.0 Å². The Morgan fingerprint density at radius 1 is 1.30 bits per heavy atom. The lowest BCUT2D eigenvalue weighted by Gasteiger charge is -2.41. The molecule has 126 valence electrons. The SMILES string of the molecule is CC(C)(C)CN1CCCC2(CCN(C(=O)c3ccsc3)C2)C1=O. The predicted molar refractivity (Wildman–Crippen MR) is 92.5 cm³/mol. The minimum Gasteiger partial charge on any atom is -0.342 e. The van der Waals surface area contributed by atoms with Crippen molar-refractivity contribution in [3.8, 4) is 0 Å². The van der Waals surface area contributed by atoms with E-state index in [1.54, 1.807) is 0 Å². The highest BCUT2D eigenvalue weighted by atomic mass is 32.1. The monoisotopic (exact) mass is 334 g/mol. The van der Waals surface area contributed by atoms with Crippen molar-refractivity contribution in [2.45, 2.75) is 40.0 Å². The molecule has 1 aromatic rings. The van der Waals surface area contributed by atoms with E-state index in [-0.39, 0.29) is 22.6 Å². The molecule has 1 unspecified atom stereocenters. The van der Waals surface area contributed by atoms with Crippen LogP contribution in [0.2, 0.25) is 0 Å². The molecule has 0 aromatic carbocycles. The van der Waals surface area contributed by atoms with Crippen molar-refractivity contribution >= 4 is 23.2 Å². The van der Waals surface area contributed by atoms with Crippen LogP contribution in [-0.2, 0) is 4.79 Å². The maximum atomic E-state index is 13.1. The summed E-state index contributed by atoms with van der Waals surface area (Å²) in [7, 11) is 0. The van der Waals surface area contributed by atoms with E-state index in [4.69, 9.17) is 0 Å². The van der Waals surface area contributed by atoms with Gasteiger partial charge in [0.2, 0.25) is 5.91 Å². The average Bonchev–Trinajstić information content (AvgIpc) is 3.13. The molecular formula is C18H26N2O2S. The highest BCUT2D eigenvalue weighted by Gasteiger charge is 2.49. The van der Waals surface area contributed by atoms with Crippen LogP contribution in [-0.4, -0.2) is 47.8 Å². The van der Waals surface area contributed by atoms with E-state index < -0.39 is 0 Å². The van der Waals surface area contributed by atoms with Crippen molar-refractivity contribution in [1.29, 1.82) is 0 Å². The molecule has 2 amide bonds. The van der Waals surface area contributed by atoms with Gasteiger partial charge in [-0.2, -0.15) is 11.3 Å². The van der Waals surface area contributed by atoms with Crippen LogP contribution in [0, 0.1) is 10.8 Å². The van der Waals surface area contributed by atoms with Crippen molar-refractivity contribution in [3.63, 3.8) is 0 Å². The van der Waals surface area contributed by atoms with Crippen molar-refractivity contribution < 1.29 is 9.59 Å². The molecule has 2 aliphatic heterocycles. The van der Waals surface area contributed by atoms with Crippen LogP contribution >= 0.6 is 11.3 Å². The van der Waals surface area contributed by atoms with Crippen molar-refractivity contribution in [2.75, 3.05) is 26.2 Å². The van der Waals surface area contributed by atoms with Gasteiger partial charge < -0.3 is 9.80 Å². The number of rotatable bonds is 2. The standard InChI is InChI=1S/C18H26N2O2S/c1-17(2,3)12-20-8-4-6-18(16(20)22)7-9-19(13-18)15(21)14-5-10-23-11-14/h5,10-11H,4,6-9,12-13H2,1-3H3. The first-order valence-corrected chi connectivity index (χ1v) is 9.36. The van der Waals surface area contributed by atoms with Crippen molar-refractivity contribution in [1.82, 2.24) is 9.80 Å². The normalized spacial score (nSPS) is 25.4. The molecule has 2 aliphatic rings. The number of nitrogens with zero attached hydrogens (tertiary/aromatic N) is 2. The first kappa shape index (κ1) is 16.5. The zero-order valence-electron chi connectivity index (χ0n) is 14.3. The fourth-order valence-corrected chi connectivity index (χ4v) is 4.50. The maximum Gasteiger partial charge on any atom is 0.254 e. The summed E-state index contributed by atoms with van der Waals surface area (Å²) in [5.41, 5.74) is 0.524.